The van der Waals surface area contributed by atoms with E-state index in [0.29, 0.717) is 10.6 Å². The maximum atomic E-state index is 12.1. The van der Waals surface area contributed by atoms with Gasteiger partial charge in [-0.25, -0.2) is 0 Å². The van der Waals surface area contributed by atoms with Crippen LogP contribution in [0.4, 0.5) is 5.69 Å². The topological polar surface area (TPSA) is 58.6 Å². The van der Waals surface area contributed by atoms with E-state index in [1.54, 1.807) is 6.92 Å². The van der Waals surface area contributed by atoms with Crippen LogP contribution >= 0.6 is 23.2 Å². The number of ether oxygens (including phenoxy) is 1. The van der Waals surface area contributed by atoms with Crippen molar-refractivity contribution in [1.82, 2.24) is 0 Å². The van der Waals surface area contributed by atoms with Gasteiger partial charge in [0.05, 0.1) is 23.7 Å². The average molecular weight is 452 g/mol. The fourth-order valence-corrected chi connectivity index (χ4v) is 3.59. The fourth-order valence-electron chi connectivity index (χ4n) is 3.14. The molecule has 2 aromatic rings. The fraction of sp³-hybridized carbons (Fsp3) is 0.458. The molecule has 0 aromatic heterocycles. The van der Waals surface area contributed by atoms with E-state index in [4.69, 9.17) is 27.9 Å². The lowest BCUT2D eigenvalue weighted by Gasteiger charge is -2.12. The molecule has 0 unspecified atom stereocenters. The number of hydrogen-bond acceptors (Lipinski definition) is 3. The Morgan fingerprint density at radius 2 is 1.73 bits per heavy atom. The van der Waals surface area contributed by atoms with Crippen LogP contribution in [0, 0.1) is 6.92 Å². The summed E-state index contributed by atoms with van der Waals surface area (Å²) in [7, 11) is 0. The third-order valence-electron chi connectivity index (χ3n) is 5.04. The van der Waals surface area contributed by atoms with Gasteiger partial charge in [-0.2, -0.15) is 0 Å². The standard InChI is InChI=1S/C24H31Cl2NO3/c1-3-4-5-6-7-8-9-18-10-12-19(13-11-18)30-15-14-22(28)27-21-16-20(25)17(2)23(26)24(21)29/h10-13,16,29H,3-9,14-15H2,1-2H3,(H,27,28). The summed E-state index contributed by atoms with van der Waals surface area (Å²) in [5.74, 6) is 0.258. The molecular weight excluding hydrogens is 421 g/mol. The Bertz CT molecular complexity index is 822. The van der Waals surface area contributed by atoms with Crippen LogP contribution in [0.15, 0.2) is 30.3 Å². The highest BCUT2D eigenvalue weighted by Crippen LogP contribution is 2.38. The van der Waals surface area contributed by atoms with Crippen molar-refractivity contribution >= 4 is 34.8 Å². The highest BCUT2D eigenvalue weighted by Gasteiger charge is 2.14. The molecule has 1 amide bonds. The summed E-state index contributed by atoms with van der Waals surface area (Å²) in [6, 6.07) is 9.52. The zero-order chi connectivity index (χ0) is 21.9. The van der Waals surface area contributed by atoms with Gasteiger partial charge in [0, 0.05) is 5.02 Å². The number of aromatic hydroxyl groups is 1. The lowest BCUT2D eigenvalue weighted by Crippen LogP contribution is -2.15. The van der Waals surface area contributed by atoms with Crippen LogP contribution in [-0.4, -0.2) is 17.6 Å². The Hall–Kier alpha value is -1.91. The summed E-state index contributed by atoms with van der Waals surface area (Å²) in [5, 5.41) is 13.2. The predicted molar refractivity (Wildman–Crippen MR) is 125 cm³/mol. The molecule has 2 aromatic carbocycles. The zero-order valence-electron chi connectivity index (χ0n) is 17.8. The van der Waals surface area contributed by atoms with Gasteiger partial charge in [0.2, 0.25) is 5.91 Å². The molecule has 30 heavy (non-hydrogen) atoms. The van der Waals surface area contributed by atoms with Gasteiger partial charge in [-0.3, -0.25) is 4.79 Å². The molecule has 0 fully saturated rings. The zero-order valence-corrected chi connectivity index (χ0v) is 19.3. The highest BCUT2D eigenvalue weighted by atomic mass is 35.5. The third-order valence-corrected chi connectivity index (χ3v) is 5.89. The molecule has 0 saturated carbocycles. The van der Waals surface area contributed by atoms with Crippen molar-refractivity contribution < 1.29 is 14.6 Å². The molecule has 164 valence electrons. The summed E-state index contributed by atoms with van der Waals surface area (Å²) in [6.07, 6.45) is 8.97. The van der Waals surface area contributed by atoms with Crippen LogP contribution in [0.2, 0.25) is 10.0 Å². The molecule has 6 heteroatoms. The summed E-state index contributed by atoms with van der Waals surface area (Å²) in [5.41, 5.74) is 2.07. The number of phenols is 1. The number of aryl methyl sites for hydroxylation is 1. The molecular formula is C24H31Cl2NO3. The van der Waals surface area contributed by atoms with Crippen molar-refractivity contribution in [1.29, 1.82) is 0 Å². The Morgan fingerprint density at radius 1 is 1.07 bits per heavy atom. The Morgan fingerprint density at radius 3 is 2.43 bits per heavy atom. The number of nitrogens with one attached hydrogen (secondary N) is 1. The van der Waals surface area contributed by atoms with Crippen molar-refractivity contribution in [3.63, 3.8) is 0 Å². The largest absolute Gasteiger partial charge is 0.504 e. The summed E-state index contributed by atoms with van der Waals surface area (Å²) >= 11 is 12.1. The quantitative estimate of drug-likeness (QED) is 0.262. The molecule has 4 nitrogen and oxygen atoms in total. The molecule has 0 spiro atoms. The van der Waals surface area contributed by atoms with Crippen LogP contribution in [0.3, 0.4) is 0 Å². The van der Waals surface area contributed by atoms with Crippen molar-refractivity contribution in [3.8, 4) is 11.5 Å². The smallest absolute Gasteiger partial charge is 0.227 e. The number of anilines is 1. The van der Waals surface area contributed by atoms with E-state index in [0.717, 1.165) is 12.2 Å². The van der Waals surface area contributed by atoms with Crippen LogP contribution in [0.25, 0.3) is 0 Å². The molecule has 2 N–H and O–H groups in total. The first-order valence-electron chi connectivity index (χ1n) is 10.6. The summed E-state index contributed by atoms with van der Waals surface area (Å²) in [4.78, 5) is 12.1. The minimum absolute atomic E-state index is 0.134. The van der Waals surface area contributed by atoms with Crippen LogP contribution < -0.4 is 10.1 Å². The number of benzene rings is 2. The number of carbonyl (C=O) groups excluding carboxylic acids is 1. The van der Waals surface area contributed by atoms with Gasteiger partial charge in [-0.1, -0.05) is 74.4 Å². The van der Waals surface area contributed by atoms with E-state index in [1.807, 2.05) is 12.1 Å². The van der Waals surface area contributed by atoms with Gasteiger partial charge >= 0.3 is 0 Å². The molecule has 0 aliphatic carbocycles. The summed E-state index contributed by atoms with van der Waals surface area (Å²) in [6.45, 7) is 4.16. The van der Waals surface area contributed by atoms with Crippen molar-refractivity contribution in [3.05, 3.63) is 51.5 Å². The Labute approximate surface area is 189 Å². The van der Waals surface area contributed by atoms with Crippen LogP contribution in [0.1, 0.15) is 63.0 Å². The van der Waals surface area contributed by atoms with Gasteiger partial charge in [0.1, 0.15) is 5.75 Å². The third kappa shape index (κ3) is 7.73. The average Bonchev–Trinajstić information content (AvgIpc) is 2.74. The lowest BCUT2D eigenvalue weighted by atomic mass is 10.0. The predicted octanol–water partition coefficient (Wildman–Crippen LogP) is 7.32. The van der Waals surface area contributed by atoms with E-state index in [1.165, 1.54) is 50.2 Å². The van der Waals surface area contributed by atoms with Crippen LogP contribution in [-0.2, 0) is 11.2 Å². The first-order chi connectivity index (χ1) is 14.4. The van der Waals surface area contributed by atoms with Gasteiger partial charge < -0.3 is 15.2 Å². The van der Waals surface area contributed by atoms with Gasteiger partial charge in [0.25, 0.3) is 0 Å². The van der Waals surface area contributed by atoms with Crippen molar-refractivity contribution in [2.24, 2.45) is 0 Å². The molecule has 0 radical (unpaired) electrons. The Balaban J connectivity index is 1.72. The normalized spacial score (nSPS) is 10.8. The van der Waals surface area contributed by atoms with Gasteiger partial charge in [-0.05, 0) is 49.1 Å². The van der Waals surface area contributed by atoms with E-state index in [2.05, 4.69) is 24.4 Å². The van der Waals surface area contributed by atoms with Gasteiger partial charge in [-0.15, -0.1) is 0 Å². The monoisotopic (exact) mass is 451 g/mol. The number of halogens is 2. The maximum Gasteiger partial charge on any atom is 0.227 e. The minimum Gasteiger partial charge on any atom is -0.504 e. The van der Waals surface area contributed by atoms with Crippen molar-refractivity contribution in [2.75, 3.05) is 11.9 Å². The molecule has 0 heterocycles. The van der Waals surface area contributed by atoms with E-state index in [-0.39, 0.29) is 35.4 Å². The number of carbonyl (C=O) groups is 1. The number of amides is 1. The Kier molecular flexibility index (Phi) is 10.3. The maximum absolute atomic E-state index is 12.1. The molecule has 0 aliphatic rings. The van der Waals surface area contributed by atoms with Gasteiger partial charge in [0.15, 0.2) is 5.75 Å². The van der Waals surface area contributed by atoms with Crippen LogP contribution in [0.5, 0.6) is 11.5 Å². The molecule has 2 rings (SSSR count). The number of rotatable bonds is 12. The molecule has 0 atom stereocenters. The lowest BCUT2D eigenvalue weighted by molar-refractivity contribution is -0.116. The molecule has 0 aliphatic heterocycles. The molecule has 0 bridgehead atoms. The second-order valence-electron chi connectivity index (χ2n) is 7.50. The highest BCUT2D eigenvalue weighted by molar-refractivity contribution is 6.37. The number of phenolic OH excluding ortho intramolecular Hbond substituents is 1. The minimum atomic E-state index is -0.291. The molecule has 0 saturated heterocycles. The van der Waals surface area contributed by atoms with E-state index < -0.39 is 0 Å². The number of hydrogen-bond donors (Lipinski definition) is 2. The second kappa shape index (κ2) is 12.7. The first-order valence-corrected chi connectivity index (χ1v) is 11.4. The summed E-state index contributed by atoms with van der Waals surface area (Å²) < 4.78 is 5.66. The van der Waals surface area contributed by atoms with E-state index in [9.17, 15) is 9.90 Å². The van der Waals surface area contributed by atoms with E-state index >= 15 is 0 Å². The first kappa shape index (κ1) is 24.4. The SMILES string of the molecule is CCCCCCCCc1ccc(OCCC(=O)Nc2cc(Cl)c(C)c(Cl)c2O)cc1. The number of unbranched alkanes of at least 4 members (excludes halogenated alkanes) is 5. The second-order valence-corrected chi connectivity index (χ2v) is 8.29. The van der Waals surface area contributed by atoms with Crippen molar-refractivity contribution in [2.45, 2.75) is 65.2 Å².